The Labute approximate surface area is 129 Å². The fourth-order valence-electron chi connectivity index (χ4n) is 1.99. The van der Waals surface area contributed by atoms with E-state index in [2.05, 4.69) is 45.0 Å². The Bertz CT molecular complexity index is 663. The molecule has 0 atom stereocenters. The SMILES string of the molecule is CC(C)(C)c1ccc(SCc2cccc(C#N)c2F)cc1. The summed E-state index contributed by atoms with van der Waals surface area (Å²) in [5.41, 5.74) is 2.09. The molecule has 0 amide bonds. The first-order chi connectivity index (χ1) is 9.91. The molecule has 2 rings (SSSR count). The van der Waals surface area contributed by atoms with Crippen LogP contribution in [0.5, 0.6) is 0 Å². The highest BCUT2D eigenvalue weighted by Crippen LogP contribution is 2.28. The Kier molecular flexibility index (Phi) is 4.69. The van der Waals surface area contributed by atoms with Crippen molar-refractivity contribution in [1.82, 2.24) is 0 Å². The average Bonchev–Trinajstić information content (AvgIpc) is 2.46. The largest absolute Gasteiger partial charge is 0.205 e. The van der Waals surface area contributed by atoms with E-state index >= 15 is 0 Å². The van der Waals surface area contributed by atoms with Gasteiger partial charge in [-0.2, -0.15) is 5.26 Å². The molecule has 0 bridgehead atoms. The highest BCUT2D eigenvalue weighted by Gasteiger charge is 2.13. The molecule has 108 valence electrons. The number of nitrogens with zero attached hydrogens (tertiary/aromatic N) is 1. The molecule has 2 aromatic carbocycles. The third-order valence-electron chi connectivity index (χ3n) is 3.31. The standard InChI is InChI=1S/C18H18FNS/c1-18(2,3)15-7-9-16(10-8-15)21-12-14-6-4-5-13(11-20)17(14)19/h4-10H,12H2,1-3H3. The molecule has 0 saturated carbocycles. The predicted octanol–water partition coefficient (Wildman–Crippen LogP) is 5.29. The maximum absolute atomic E-state index is 14.0. The molecule has 0 aliphatic rings. The van der Waals surface area contributed by atoms with Crippen molar-refractivity contribution in [3.63, 3.8) is 0 Å². The van der Waals surface area contributed by atoms with Crippen LogP contribution in [-0.4, -0.2) is 0 Å². The highest BCUT2D eigenvalue weighted by molar-refractivity contribution is 7.98. The lowest BCUT2D eigenvalue weighted by Gasteiger charge is -2.19. The van der Waals surface area contributed by atoms with E-state index in [0.717, 1.165) is 4.90 Å². The molecule has 0 fully saturated rings. The Morgan fingerprint density at radius 1 is 1.10 bits per heavy atom. The minimum absolute atomic E-state index is 0.108. The Balaban J connectivity index is 2.09. The van der Waals surface area contributed by atoms with Crippen LogP contribution in [0.1, 0.15) is 37.5 Å². The van der Waals surface area contributed by atoms with Crippen LogP contribution in [0, 0.1) is 17.1 Å². The topological polar surface area (TPSA) is 23.8 Å². The third-order valence-corrected chi connectivity index (χ3v) is 4.37. The highest BCUT2D eigenvalue weighted by atomic mass is 32.2. The van der Waals surface area contributed by atoms with Crippen molar-refractivity contribution in [3.05, 3.63) is 65.0 Å². The van der Waals surface area contributed by atoms with Crippen LogP contribution < -0.4 is 0 Å². The maximum atomic E-state index is 14.0. The van der Waals surface area contributed by atoms with E-state index in [1.807, 2.05) is 6.07 Å². The smallest absolute Gasteiger partial charge is 0.144 e. The van der Waals surface area contributed by atoms with E-state index < -0.39 is 5.82 Å². The van der Waals surface area contributed by atoms with Gasteiger partial charge in [0, 0.05) is 10.6 Å². The van der Waals surface area contributed by atoms with Crippen molar-refractivity contribution in [2.24, 2.45) is 0 Å². The lowest BCUT2D eigenvalue weighted by atomic mass is 9.87. The third kappa shape index (κ3) is 3.86. The van der Waals surface area contributed by atoms with Crippen LogP contribution in [0.15, 0.2) is 47.4 Å². The monoisotopic (exact) mass is 299 g/mol. The summed E-state index contributed by atoms with van der Waals surface area (Å²) in [6.07, 6.45) is 0. The summed E-state index contributed by atoms with van der Waals surface area (Å²) in [6.45, 7) is 6.54. The Morgan fingerprint density at radius 3 is 2.33 bits per heavy atom. The maximum Gasteiger partial charge on any atom is 0.144 e. The molecule has 0 aliphatic carbocycles. The van der Waals surface area contributed by atoms with Gasteiger partial charge in [0.15, 0.2) is 0 Å². The van der Waals surface area contributed by atoms with Crippen LogP contribution in [0.4, 0.5) is 4.39 Å². The zero-order valence-corrected chi connectivity index (χ0v) is 13.3. The molecule has 0 N–H and O–H groups in total. The molecule has 0 unspecified atom stereocenters. The fourth-order valence-corrected chi connectivity index (χ4v) is 2.86. The second-order valence-electron chi connectivity index (χ2n) is 5.95. The minimum atomic E-state index is -0.404. The first kappa shape index (κ1) is 15.6. The number of rotatable bonds is 3. The summed E-state index contributed by atoms with van der Waals surface area (Å²) in [5.74, 6) is 0.120. The van der Waals surface area contributed by atoms with Crippen molar-refractivity contribution in [2.45, 2.75) is 36.8 Å². The van der Waals surface area contributed by atoms with Crippen molar-refractivity contribution < 1.29 is 4.39 Å². The van der Waals surface area contributed by atoms with Crippen molar-refractivity contribution in [1.29, 1.82) is 5.26 Å². The van der Waals surface area contributed by atoms with Gasteiger partial charge in [0.2, 0.25) is 0 Å². The zero-order valence-electron chi connectivity index (χ0n) is 12.5. The van der Waals surface area contributed by atoms with Gasteiger partial charge >= 0.3 is 0 Å². The predicted molar refractivity (Wildman–Crippen MR) is 85.8 cm³/mol. The van der Waals surface area contributed by atoms with Gasteiger partial charge in [-0.15, -0.1) is 11.8 Å². The van der Waals surface area contributed by atoms with E-state index in [1.54, 1.807) is 23.9 Å². The number of halogens is 1. The molecule has 21 heavy (non-hydrogen) atoms. The van der Waals surface area contributed by atoms with Crippen molar-refractivity contribution >= 4 is 11.8 Å². The fraction of sp³-hybridized carbons (Fsp3) is 0.278. The Hall–Kier alpha value is -1.79. The normalized spacial score (nSPS) is 11.2. The molecule has 2 aromatic rings. The van der Waals surface area contributed by atoms with Gasteiger partial charge in [0.1, 0.15) is 11.9 Å². The molecule has 3 heteroatoms. The second-order valence-corrected chi connectivity index (χ2v) is 7.00. The van der Waals surface area contributed by atoms with Crippen LogP contribution in [0.2, 0.25) is 0 Å². The first-order valence-corrected chi connectivity index (χ1v) is 7.81. The summed E-state index contributed by atoms with van der Waals surface area (Å²) in [6, 6.07) is 15.2. The zero-order chi connectivity index (χ0) is 15.5. The number of thioether (sulfide) groups is 1. The van der Waals surface area contributed by atoms with E-state index in [0.29, 0.717) is 11.3 Å². The molecular weight excluding hydrogens is 281 g/mol. The van der Waals surface area contributed by atoms with Gasteiger partial charge in [-0.25, -0.2) is 4.39 Å². The van der Waals surface area contributed by atoms with Crippen LogP contribution in [0.25, 0.3) is 0 Å². The Morgan fingerprint density at radius 2 is 1.76 bits per heavy atom. The number of hydrogen-bond acceptors (Lipinski definition) is 2. The van der Waals surface area contributed by atoms with Gasteiger partial charge in [0.25, 0.3) is 0 Å². The molecule has 1 nitrogen and oxygen atoms in total. The van der Waals surface area contributed by atoms with Crippen LogP contribution in [-0.2, 0) is 11.2 Å². The lowest BCUT2D eigenvalue weighted by Crippen LogP contribution is -2.10. The van der Waals surface area contributed by atoms with Gasteiger partial charge in [-0.3, -0.25) is 0 Å². The van der Waals surface area contributed by atoms with Gasteiger partial charge in [-0.1, -0.05) is 45.0 Å². The van der Waals surface area contributed by atoms with E-state index in [1.165, 1.54) is 11.6 Å². The quantitative estimate of drug-likeness (QED) is 0.719. The molecule has 0 radical (unpaired) electrons. The first-order valence-electron chi connectivity index (χ1n) is 6.82. The van der Waals surface area contributed by atoms with Gasteiger partial charge < -0.3 is 0 Å². The summed E-state index contributed by atoms with van der Waals surface area (Å²) in [7, 11) is 0. The molecule has 0 heterocycles. The molecule has 0 spiro atoms. The van der Waals surface area contributed by atoms with Gasteiger partial charge in [-0.05, 0) is 34.7 Å². The summed E-state index contributed by atoms with van der Waals surface area (Å²) in [5, 5.41) is 8.84. The van der Waals surface area contributed by atoms with Gasteiger partial charge in [0.05, 0.1) is 5.56 Å². The van der Waals surface area contributed by atoms with Crippen LogP contribution in [0.3, 0.4) is 0 Å². The molecule has 0 saturated heterocycles. The van der Waals surface area contributed by atoms with Crippen molar-refractivity contribution in [2.75, 3.05) is 0 Å². The summed E-state index contributed by atoms with van der Waals surface area (Å²) >= 11 is 1.58. The molecule has 0 aromatic heterocycles. The number of benzene rings is 2. The summed E-state index contributed by atoms with van der Waals surface area (Å²) < 4.78 is 14.0. The number of hydrogen-bond donors (Lipinski definition) is 0. The minimum Gasteiger partial charge on any atom is -0.205 e. The lowest BCUT2D eigenvalue weighted by molar-refractivity contribution is 0.590. The second kappa shape index (κ2) is 6.32. The molecule has 0 aliphatic heterocycles. The van der Waals surface area contributed by atoms with E-state index in [9.17, 15) is 4.39 Å². The van der Waals surface area contributed by atoms with Crippen molar-refractivity contribution in [3.8, 4) is 6.07 Å². The summed E-state index contributed by atoms with van der Waals surface area (Å²) in [4.78, 5) is 1.10. The number of nitriles is 1. The van der Waals surface area contributed by atoms with E-state index in [4.69, 9.17) is 5.26 Å². The molecular formula is C18H18FNS. The van der Waals surface area contributed by atoms with Crippen LogP contribution >= 0.6 is 11.8 Å². The van der Waals surface area contributed by atoms with E-state index in [-0.39, 0.29) is 11.0 Å². The average molecular weight is 299 g/mol.